The molecule has 0 aliphatic carbocycles. The van der Waals surface area contributed by atoms with Crippen molar-refractivity contribution >= 4 is 66.2 Å². The minimum Gasteiger partial charge on any atom is -0.480 e. The van der Waals surface area contributed by atoms with E-state index in [0.29, 0.717) is 24.4 Å². The van der Waals surface area contributed by atoms with Crippen molar-refractivity contribution in [2.75, 3.05) is 51.3 Å². The van der Waals surface area contributed by atoms with Gasteiger partial charge in [0.2, 0.25) is 17.7 Å². The lowest BCUT2D eigenvalue weighted by atomic mass is 10.1. The topological polar surface area (TPSA) is 321 Å². The molecule has 4 amide bonds. The van der Waals surface area contributed by atoms with Crippen LogP contribution in [0.5, 0.6) is 0 Å². The Bertz CT molecular complexity index is 1910. The molecule has 0 radical (unpaired) electrons. The maximum atomic E-state index is 12.8. The molecule has 3 rings (SSSR count). The number of rotatable bonds is 27. The van der Waals surface area contributed by atoms with Crippen LogP contribution < -0.4 is 26.6 Å². The SMILES string of the molecule is CCC(=O)OCC(COP(=O)(O)OCCNC(=O)CCC(=O)NCC(=O)NC(CNC(=O)c1ccc2c(cnn2CCCNc2ncc[nH]2)c1)C(=O)O)OC(=O)CC. The number of nitrogens with zero attached hydrogens (tertiary/aromatic N) is 3. The summed E-state index contributed by atoms with van der Waals surface area (Å²) >= 11 is 0. The van der Waals surface area contributed by atoms with E-state index in [4.69, 9.17) is 18.5 Å². The Morgan fingerprint density at radius 3 is 2.36 bits per heavy atom. The van der Waals surface area contributed by atoms with E-state index in [1.807, 2.05) is 0 Å². The van der Waals surface area contributed by atoms with Crippen molar-refractivity contribution in [3.8, 4) is 0 Å². The Kier molecular flexibility index (Phi) is 19.2. The number of aliphatic carboxylic acids is 1. The fourth-order valence-electron chi connectivity index (χ4n) is 4.77. The van der Waals surface area contributed by atoms with Gasteiger partial charge in [-0.15, -0.1) is 0 Å². The van der Waals surface area contributed by atoms with Gasteiger partial charge in [0.15, 0.2) is 12.1 Å². The zero-order valence-corrected chi connectivity index (χ0v) is 32.8. The number of aryl methyl sites for hydroxylation is 1. The Balaban J connectivity index is 1.31. The van der Waals surface area contributed by atoms with Crippen LogP contribution in [0.1, 0.15) is 56.3 Å². The maximum absolute atomic E-state index is 12.8. The van der Waals surface area contributed by atoms with Crippen LogP contribution in [0, 0.1) is 0 Å². The van der Waals surface area contributed by atoms with Crippen molar-refractivity contribution in [2.45, 2.75) is 64.6 Å². The summed E-state index contributed by atoms with van der Waals surface area (Å²) in [5.41, 5.74) is 1.05. The van der Waals surface area contributed by atoms with Crippen LogP contribution >= 0.6 is 7.82 Å². The highest BCUT2D eigenvalue weighted by Crippen LogP contribution is 2.43. The van der Waals surface area contributed by atoms with Gasteiger partial charge >= 0.3 is 25.7 Å². The summed E-state index contributed by atoms with van der Waals surface area (Å²) in [6, 6.07) is 3.39. The average molecular weight is 838 g/mol. The molecule has 318 valence electrons. The Hall–Kier alpha value is -5.90. The lowest BCUT2D eigenvalue weighted by Crippen LogP contribution is -2.50. The normalized spacial score (nSPS) is 13.0. The van der Waals surface area contributed by atoms with E-state index >= 15 is 0 Å². The molecule has 8 N–H and O–H groups in total. The van der Waals surface area contributed by atoms with E-state index < -0.39 is 94.4 Å². The largest absolute Gasteiger partial charge is 0.480 e. The number of aromatic nitrogens is 4. The van der Waals surface area contributed by atoms with Crippen molar-refractivity contribution in [3.63, 3.8) is 0 Å². The maximum Gasteiger partial charge on any atom is 0.472 e. The molecular formula is C34H48N9O14P. The number of benzene rings is 1. The number of fused-ring (bicyclic) bond motifs is 1. The molecule has 0 aliphatic heterocycles. The first-order chi connectivity index (χ1) is 27.7. The van der Waals surface area contributed by atoms with Crippen molar-refractivity contribution in [2.24, 2.45) is 0 Å². The van der Waals surface area contributed by atoms with Gasteiger partial charge in [-0.05, 0) is 24.6 Å². The number of anilines is 1. The molecule has 0 aliphatic rings. The zero-order valence-electron chi connectivity index (χ0n) is 31.9. The highest BCUT2D eigenvalue weighted by atomic mass is 31.2. The highest BCUT2D eigenvalue weighted by molar-refractivity contribution is 7.47. The molecule has 24 heteroatoms. The van der Waals surface area contributed by atoms with E-state index in [1.54, 1.807) is 48.4 Å². The van der Waals surface area contributed by atoms with E-state index in [1.165, 1.54) is 6.92 Å². The van der Waals surface area contributed by atoms with Gasteiger partial charge in [0.25, 0.3) is 5.91 Å². The molecule has 2 aromatic heterocycles. The van der Waals surface area contributed by atoms with E-state index in [0.717, 1.165) is 11.9 Å². The number of H-pyrrole nitrogens is 1. The second kappa shape index (κ2) is 24.0. The molecule has 0 saturated heterocycles. The third kappa shape index (κ3) is 17.1. The van der Waals surface area contributed by atoms with Gasteiger partial charge in [0.05, 0.1) is 31.5 Å². The summed E-state index contributed by atoms with van der Waals surface area (Å²) in [7, 11) is -4.67. The summed E-state index contributed by atoms with van der Waals surface area (Å²) in [6.07, 6.45) is 3.94. The molecule has 3 unspecified atom stereocenters. The van der Waals surface area contributed by atoms with Crippen LogP contribution in [0.4, 0.5) is 5.95 Å². The number of carbonyl (C=O) groups is 7. The fraction of sp³-hybridized carbons (Fsp3) is 0.500. The number of phosphoric acid groups is 1. The molecule has 0 spiro atoms. The van der Waals surface area contributed by atoms with Gasteiger partial charge in [-0.2, -0.15) is 5.10 Å². The number of carboxylic acids is 1. The van der Waals surface area contributed by atoms with Crippen molar-refractivity contribution < 1.29 is 66.6 Å². The molecular weight excluding hydrogens is 789 g/mol. The molecule has 3 atom stereocenters. The van der Waals surface area contributed by atoms with Gasteiger partial charge in [-0.25, -0.2) is 14.3 Å². The molecule has 23 nitrogen and oxygen atoms in total. The minimum absolute atomic E-state index is 0.000847. The third-order valence-electron chi connectivity index (χ3n) is 7.77. The summed E-state index contributed by atoms with van der Waals surface area (Å²) in [5.74, 6) is -4.78. The smallest absolute Gasteiger partial charge is 0.472 e. The minimum atomic E-state index is -4.67. The van der Waals surface area contributed by atoms with Crippen molar-refractivity contribution in [1.82, 2.24) is 41.0 Å². The average Bonchev–Trinajstić information content (AvgIpc) is 3.88. The third-order valence-corrected chi connectivity index (χ3v) is 8.76. The van der Waals surface area contributed by atoms with Crippen LogP contribution in [0.2, 0.25) is 0 Å². The van der Waals surface area contributed by atoms with Crippen LogP contribution in [0.3, 0.4) is 0 Å². The lowest BCUT2D eigenvalue weighted by Gasteiger charge is -2.19. The summed E-state index contributed by atoms with van der Waals surface area (Å²) in [4.78, 5) is 101. The number of carbonyl (C=O) groups excluding carboxylic acids is 6. The first-order valence-electron chi connectivity index (χ1n) is 18.2. The van der Waals surface area contributed by atoms with Crippen LogP contribution in [0.25, 0.3) is 10.9 Å². The predicted octanol–water partition coefficient (Wildman–Crippen LogP) is -0.0180. The molecule has 0 saturated carbocycles. The quantitative estimate of drug-likeness (QED) is 0.0284. The number of aromatic amines is 1. The summed E-state index contributed by atoms with van der Waals surface area (Å²) in [5, 5.41) is 27.1. The molecule has 2 heterocycles. The summed E-state index contributed by atoms with van der Waals surface area (Å²) < 4.78 is 33.5. The monoisotopic (exact) mass is 837 g/mol. The number of carboxylic acid groups (broad SMARTS) is 1. The van der Waals surface area contributed by atoms with Gasteiger partial charge < -0.3 is 51.0 Å². The molecule has 1 aromatic carbocycles. The van der Waals surface area contributed by atoms with Crippen LogP contribution in [-0.4, -0.2) is 129 Å². The highest BCUT2D eigenvalue weighted by Gasteiger charge is 2.26. The van der Waals surface area contributed by atoms with Crippen LogP contribution in [-0.2, 0) is 58.4 Å². The number of nitrogens with one attached hydrogen (secondary N) is 6. The Labute approximate surface area is 331 Å². The van der Waals surface area contributed by atoms with Gasteiger partial charge in [-0.1, -0.05) is 13.8 Å². The van der Waals surface area contributed by atoms with E-state index in [-0.39, 0.29) is 37.8 Å². The molecule has 0 fully saturated rings. The van der Waals surface area contributed by atoms with E-state index in [9.17, 15) is 48.1 Å². The Morgan fingerprint density at radius 1 is 0.931 bits per heavy atom. The fourth-order valence-corrected chi connectivity index (χ4v) is 5.52. The zero-order chi connectivity index (χ0) is 42.5. The van der Waals surface area contributed by atoms with E-state index in [2.05, 4.69) is 41.7 Å². The standard InChI is InChI=1S/C34H48N9O14P/c1-3-30(47)54-20-24(57-31(48)4-2)21-56-58(52,53)55-15-13-35-27(44)8-9-28(45)39-19-29(46)42-25(33(50)51)18-40-32(49)22-6-7-26-23(16-22)17-41-43(26)14-5-10-36-34-37-11-12-38-34/h6-7,11-12,16-17,24-25H,3-5,8-10,13-15,18-21H2,1-2H3,(H,35,44)(H,39,45)(H,40,49)(H,42,46)(H,50,51)(H,52,53)(H2,36,37,38). The predicted molar refractivity (Wildman–Crippen MR) is 202 cm³/mol. The number of hydrogen-bond acceptors (Lipinski definition) is 15. The van der Waals surface area contributed by atoms with Crippen molar-refractivity contribution in [1.29, 1.82) is 0 Å². The summed E-state index contributed by atoms with van der Waals surface area (Å²) in [6.45, 7) is 1.52. The number of hydrogen-bond donors (Lipinski definition) is 8. The van der Waals surface area contributed by atoms with Gasteiger partial charge in [0, 0.05) is 75.2 Å². The lowest BCUT2D eigenvalue weighted by molar-refractivity contribution is -0.160. The van der Waals surface area contributed by atoms with Crippen LogP contribution in [0.15, 0.2) is 36.8 Å². The number of esters is 2. The van der Waals surface area contributed by atoms with Gasteiger partial charge in [0.1, 0.15) is 12.6 Å². The Morgan fingerprint density at radius 2 is 1.67 bits per heavy atom. The second-order valence-electron chi connectivity index (χ2n) is 12.3. The first kappa shape index (κ1) is 46.5. The second-order valence-corrected chi connectivity index (χ2v) is 13.7. The molecule has 58 heavy (non-hydrogen) atoms. The number of ether oxygens (including phenoxy) is 2. The van der Waals surface area contributed by atoms with Crippen molar-refractivity contribution in [3.05, 3.63) is 42.4 Å². The number of phosphoric ester groups is 1. The number of amides is 4. The molecule has 0 bridgehead atoms. The number of imidazole rings is 1. The first-order valence-corrected chi connectivity index (χ1v) is 19.7. The molecule has 3 aromatic rings. The van der Waals surface area contributed by atoms with Gasteiger partial charge in [-0.3, -0.25) is 42.5 Å².